The molecule has 0 saturated heterocycles. The Labute approximate surface area is 145 Å². The first-order chi connectivity index (χ1) is 10.2. The zero-order valence-corrected chi connectivity index (χ0v) is 16.1. The molecule has 2 rings (SSSR count). The minimum Gasteiger partial charge on any atom is -0.341 e. The van der Waals surface area contributed by atoms with Crippen LogP contribution in [0.15, 0.2) is 18.2 Å². The van der Waals surface area contributed by atoms with Crippen LogP contribution in [0.1, 0.15) is 38.2 Å². The minimum atomic E-state index is -3.42. The standard InChI is InChI=1S/C14H19ClNO3PS2/c1-8(2)18-20(17,19-9(3)4)13-11-7-10(15)5-6-12(11)16-14(21)22-13/h5-9,13H,1-4H3,(H,16,21). The monoisotopic (exact) mass is 379 g/mol. The van der Waals surface area contributed by atoms with Gasteiger partial charge in [0.25, 0.3) is 0 Å². The van der Waals surface area contributed by atoms with Crippen LogP contribution < -0.4 is 5.32 Å². The molecular weight excluding hydrogens is 361 g/mol. The van der Waals surface area contributed by atoms with E-state index in [1.54, 1.807) is 12.1 Å². The fourth-order valence-corrected chi connectivity index (χ4v) is 6.73. The molecule has 1 atom stereocenters. The third-order valence-electron chi connectivity index (χ3n) is 2.74. The van der Waals surface area contributed by atoms with Gasteiger partial charge in [0, 0.05) is 16.3 Å². The maximum Gasteiger partial charge on any atom is 0.348 e. The predicted octanol–water partition coefficient (Wildman–Crippen LogP) is 5.83. The summed E-state index contributed by atoms with van der Waals surface area (Å²) in [5, 5.41) is 3.67. The van der Waals surface area contributed by atoms with Crippen molar-refractivity contribution in [3.63, 3.8) is 0 Å². The van der Waals surface area contributed by atoms with E-state index in [2.05, 4.69) is 5.32 Å². The summed E-state index contributed by atoms with van der Waals surface area (Å²) in [6, 6.07) is 5.37. The van der Waals surface area contributed by atoms with Crippen LogP contribution >= 0.6 is 43.2 Å². The fraction of sp³-hybridized carbons (Fsp3) is 0.500. The summed E-state index contributed by atoms with van der Waals surface area (Å²) in [7, 11) is -3.42. The van der Waals surface area contributed by atoms with Gasteiger partial charge < -0.3 is 14.4 Å². The molecule has 0 bridgehead atoms. The second-order valence-electron chi connectivity index (χ2n) is 5.46. The topological polar surface area (TPSA) is 47.6 Å². The fourth-order valence-electron chi connectivity index (χ4n) is 2.11. The molecule has 22 heavy (non-hydrogen) atoms. The van der Waals surface area contributed by atoms with Gasteiger partial charge in [-0.3, -0.25) is 4.57 Å². The summed E-state index contributed by atoms with van der Waals surface area (Å²) in [5.74, 6) is 0. The quantitative estimate of drug-likeness (QED) is 0.513. The molecule has 122 valence electrons. The van der Waals surface area contributed by atoms with Gasteiger partial charge in [-0.1, -0.05) is 35.6 Å². The van der Waals surface area contributed by atoms with Crippen LogP contribution in [0.5, 0.6) is 0 Å². The van der Waals surface area contributed by atoms with Gasteiger partial charge in [-0.2, -0.15) is 0 Å². The number of rotatable bonds is 5. The number of thiocarbonyl (C=S) groups is 1. The van der Waals surface area contributed by atoms with Crippen LogP contribution in [0.25, 0.3) is 0 Å². The van der Waals surface area contributed by atoms with E-state index in [1.165, 1.54) is 11.8 Å². The number of hydrogen-bond donors (Lipinski definition) is 1. The third kappa shape index (κ3) is 4.25. The molecule has 1 aliphatic heterocycles. The maximum absolute atomic E-state index is 13.4. The normalized spacial score (nSPS) is 18.5. The molecule has 0 aromatic heterocycles. The molecule has 0 radical (unpaired) electrons. The first-order valence-electron chi connectivity index (χ1n) is 6.95. The van der Waals surface area contributed by atoms with Crippen LogP contribution in [-0.4, -0.2) is 16.5 Å². The van der Waals surface area contributed by atoms with Crippen molar-refractivity contribution in [1.82, 2.24) is 0 Å². The molecule has 0 amide bonds. The molecule has 8 heteroatoms. The van der Waals surface area contributed by atoms with E-state index in [9.17, 15) is 4.57 Å². The molecule has 0 fully saturated rings. The Hall–Kier alpha value is -0.100. The highest BCUT2D eigenvalue weighted by atomic mass is 35.5. The Bertz CT molecular complexity index is 610. The van der Waals surface area contributed by atoms with E-state index in [0.717, 1.165) is 11.3 Å². The van der Waals surface area contributed by atoms with Crippen molar-refractivity contribution < 1.29 is 13.6 Å². The molecule has 1 aliphatic rings. The predicted molar refractivity (Wildman–Crippen MR) is 98.1 cm³/mol. The number of hydrogen-bond acceptors (Lipinski definition) is 5. The molecule has 1 aromatic carbocycles. The van der Waals surface area contributed by atoms with Crippen LogP contribution in [0.3, 0.4) is 0 Å². The maximum atomic E-state index is 13.4. The lowest BCUT2D eigenvalue weighted by molar-refractivity contribution is 0.141. The lowest BCUT2D eigenvalue weighted by Gasteiger charge is -2.33. The van der Waals surface area contributed by atoms with E-state index in [0.29, 0.717) is 9.34 Å². The molecule has 1 unspecified atom stereocenters. The minimum absolute atomic E-state index is 0.226. The molecule has 1 N–H and O–H groups in total. The summed E-state index contributed by atoms with van der Waals surface area (Å²) >= 11 is 12.7. The Morgan fingerprint density at radius 2 is 1.86 bits per heavy atom. The van der Waals surface area contributed by atoms with Gasteiger partial charge in [-0.05, 0) is 45.9 Å². The van der Waals surface area contributed by atoms with Crippen molar-refractivity contribution in [1.29, 1.82) is 0 Å². The first kappa shape index (κ1) is 18.2. The van der Waals surface area contributed by atoms with Gasteiger partial charge in [0.2, 0.25) is 0 Å². The van der Waals surface area contributed by atoms with E-state index < -0.39 is 12.6 Å². The lowest BCUT2D eigenvalue weighted by Crippen LogP contribution is -2.20. The zero-order valence-electron chi connectivity index (χ0n) is 12.8. The highest BCUT2D eigenvalue weighted by Gasteiger charge is 2.43. The second kappa shape index (κ2) is 7.20. The lowest BCUT2D eigenvalue weighted by atomic mass is 10.2. The number of halogens is 1. The van der Waals surface area contributed by atoms with Crippen LogP contribution in [0.4, 0.5) is 5.69 Å². The van der Waals surface area contributed by atoms with Crippen molar-refractivity contribution in [2.24, 2.45) is 0 Å². The van der Waals surface area contributed by atoms with Gasteiger partial charge in [0.1, 0.15) is 9.31 Å². The van der Waals surface area contributed by atoms with Crippen LogP contribution in [-0.2, 0) is 13.6 Å². The Morgan fingerprint density at radius 1 is 1.27 bits per heavy atom. The summed E-state index contributed by atoms with van der Waals surface area (Å²) in [6.07, 6.45) is -0.451. The number of anilines is 1. The molecule has 0 saturated carbocycles. The van der Waals surface area contributed by atoms with E-state index in [-0.39, 0.29) is 12.2 Å². The Balaban J connectivity index is 2.50. The molecule has 1 aromatic rings. The third-order valence-corrected chi connectivity index (χ3v) is 7.53. The van der Waals surface area contributed by atoms with Gasteiger partial charge in [0.05, 0.1) is 12.2 Å². The van der Waals surface area contributed by atoms with E-state index >= 15 is 0 Å². The number of fused-ring (bicyclic) bond motifs is 1. The second-order valence-corrected chi connectivity index (χ2v) is 10.0. The van der Waals surface area contributed by atoms with Gasteiger partial charge in [0.15, 0.2) is 0 Å². The van der Waals surface area contributed by atoms with Crippen LogP contribution in [0, 0.1) is 0 Å². The van der Waals surface area contributed by atoms with Crippen molar-refractivity contribution in [2.45, 2.75) is 44.9 Å². The molecule has 1 heterocycles. The summed E-state index contributed by atoms with van der Waals surface area (Å²) in [4.78, 5) is -0.528. The molecular formula is C14H19ClNO3PS2. The highest BCUT2D eigenvalue weighted by Crippen LogP contribution is 2.69. The van der Waals surface area contributed by atoms with Gasteiger partial charge in [-0.25, -0.2) is 0 Å². The average Bonchev–Trinajstić information content (AvgIpc) is 2.36. The van der Waals surface area contributed by atoms with Gasteiger partial charge >= 0.3 is 7.60 Å². The zero-order chi connectivity index (χ0) is 16.5. The number of benzene rings is 1. The smallest absolute Gasteiger partial charge is 0.341 e. The molecule has 0 spiro atoms. The van der Waals surface area contributed by atoms with Gasteiger partial charge in [-0.15, -0.1) is 0 Å². The van der Waals surface area contributed by atoms with Crippen molar-refractivity contribution in [3.05, 3.63) is 28.8 Å². The van der Waals surface area contributed by atoms with E-state index in [4.69, 9.17) is 32.9 Å². The Morgan fingerprint density at radius 3 is 2.41 bits per heavy atom. The summed E-state index contributed by atoms with van der Waals surface area (Å²) in [5.41, 5.74) is 1.58. The first-order valence-corrected chi connectivity index (χ1v) is 10.2. The molecule has 4 nitrogen and oxygen atoms in total. The van der Waals surface area contributed by atoms with Crippen LogP contribution in [0.2, 0.25) is 5.02 Å². The summed E-state index contributed by atoms with van der Waals surface area (Å²) < 4.78 is 25.4. The Kier molecular flexibility index (Phi) is 5.97. The van der Waals surface area contributed by atoms with Crippen molar-refractivity contribution >= 4 is 53.2 Å². The highest BCUT2D eigenvalue weighted by molar-refractivity contribution is 8.26. The van der Waals surface area contributed by atoms with E-state index in [1.807, 2.05) is 33.8 Å². The molecule has 0 aliphatic carbocycles. The SMILES string of the molecule is CC(C)OP(=O)(OC(C)C)C1SC(=S)Nc2ccc(Cl)cc21. The largest absolute Gasteiger partial charge is 0.348 e. The van der Waals surface area contributed by atoms with Crippen molar-refractivity contribution in [3.8, 4) is 0 Å². The average molecular weight is 380 g/mol. The summed E-state index contributed by atoms with van der Waals surface area (Å²) in [6.45, 7) is 7.33. The van der Waals surface area contributed by atoms with Crippen molar-refractivity contribution in [2.75, 3.05) is 5.32 Å². The number of nitrogens with one attached hydrogen (secondary N) is 1. The number of thioether (sulfide) groups is 1.